The number of alkyl halides is 4. The molecule has 0 spiro atoms. The van der Waals surface area contributed by atoms with Crippen molar-refractivity contribution in [3.63, 3.8) is 0 Å². The van der Waals surface area contributed by atoms with Crippen molar-refractivity contribution in [1.82, 2.24) is 9.55 Å². The largest absolute Gasteiger partial charge is 0.435 e. The molecule has 0 aliphatic carbocycles. The summed E-state index contributed by atoms with van der Waals surface area (Å²) in [6, 6.07) is 8.45. The first-order valence-electron chi connectivity index (χ1n) is 6.16. The molecule has 0 fully saturated rings. The first kappa shape index (κ1) is 15.1. The molecule has 0 radical (unpaired) electrons. The van der Waals surface area contributed by atoms with Gasteiger partial charge in [0.15, 0.2) is 5.69 Å². The molecule has 0 aliphatic rings. The maximum absolute atomic E-state index is 13.2. The third kappa shape index (κ3) is 2.75. The van der Waals surface area contributed by atoms with Crippen LogP contribution in [0.1, 0.15) is 31.4 Å². The number of aromatic nitrogens is 2. The zero-order chi connectivity index (χ0) is 14.9. The lowest BCUT2D eigenvalue weighted by Gasteiger charge is -2.16. The average Bonchev–Trinajstić information content (AvgIpc) is 2.79. The van der Waals surface area contributed by atoms with Gasteiger partial charge < -0.3 is 4.57 Å². The minimum Gasteiger partial charge on any atom is -0.324 e. The van der Waals surface area contributed by atoms with Gasteiger partial charge in [0.1, 0.15) is 5.82 Å². The molecular weight excluding hydrogens is 333 g/mol. The molecule has 108 valence electrons. The van der Waals surface area contributed by atoms with Gasteiger partial charge in [0, 0.05) is 11.6 Å². The summed E-state index contributed by atoms with van der Waals surface area (Å²) in [5, 5.41) is 0.279. The summed E-state index contributed by atoms with van der Waals surface area (Å²) in [6.45, 7) is 3.70. The summed E-state index contributed by atoms with van der Waals surface area (Å²) in [6.07, 6.45) is -4.47. The van der Waals surface area contributed by atoms with Gasteiger partial charge in [-0.1, -0.05) is 46.3 Å². The first-order valence-corrected chi connectivity index (χ1v) is 7.28. The van der Waals surface area contributed by atoms with E-state index in [0.29, 0.717) is 11.4 Å². The molecule has 0 saturated heterocycles. The molecule has 1 aromatic heterocycles. The Hall–Kier alpha value is -1.30. The Labute approximate surface area is 123 Å². The van der Waals surface area contributed by atoms with Gasteiger partial charge in [0.2, 0.25) is 0 Å². The zero-order valence-electron chi connectivity index (χ0n) is 11.1. The van der Waals surface area contributed by atoms with E-state index in [1.54, 1.807) is 34.9 Å². The van der Waals surface area contributed by atoms with Crippen LogP contribution in [0.5, 0.6) is 0 Å². The minimum atomic E-state index is -4.47. The smallest absolute Gasteiger partial charge is 0.324 e. The maximum atomic E-state index is 13.2. The van der Waals surface area contributed by atoms with E-state index in [1.807, 2.05) is 13.8 Å². The van der Waals surface area contributed by atoms with E-state index in [4.69, 9.17) is 0 Å². The highest BCUT2D eigenvalue weighted by molar-refractivity contribution is 9.08. The van der Waals surface area contributed by atoms with Gasteiger partial charge in [0.25, 0.3) is 0 Å². The lowest BCUT2D eigenvalue weighted by Crippen LogP contribution is -2.10. The predicted molar refractivity (Wildman–Crippen MR) is 75.7 cm³/mol. The number of hydrogen-bond acceptors (Lipinski definition) is 1. The van der Waals surface area contributed by atoms with Gasteiger partial charge in [0.05, 0.1) is 11.0 Å². The van der Waals surface area contributed by atoms with Crippen molar-refractivity contribution in [2.24, 2.45) is 0 Å². The van der Waals surface area contributed by atoms with Crippen LogP contribution in [0.15, 0.2) is 30.3 Å². The van der Waals surface area contributed by atoms with E-state index in [9.17, 15) is 13.2 Å². The summed E-state index contributed by atoms with van der Waals surface area (Å²) < 4.78 is 41.3. The Kier molecular flexibility index (Phi) is 4.22. The van der Waals surface area contributed by atoms with E-state index in [2.05, 4.69) is 20.9 Å². The van der Waals surface area contributed by atoms with E-state index in [-0.39, 0.29) is 17.1 Å². The normalized spacial score (nSPS) is 12.2. The van der Waals surface area contributed by atoms with Crippen molar-refractivity contribution in [1.29, 1.82) is 0 Å². The number of hydrogen-bond donors (Lipinski definition) is 0. The molecule has 0 aliphatic heterocycles. The molecule has 2 rings (SSSR count). The summed E-state index contributed by atoms with van der Waals surface area (Å²) >= 11 is 3.21. The lowest BCUT2D eigenvalue weighted by molar-refractivity contribution is -0.140. The predicted octanol–water partition coefficient (Wildman–Crippen LogP) is 5.04. The fourth-order valence-electron chi connectivity index (χ4n) is 2.20. The molecule has 6 heteroatoms. The standard InChI is InChI=1S/C14H14BrF3N2/c1-9(2)20-11(8-15)19-13(14(16,17)18)12(20)10-6-4-3-5-7-10/h3-7,9H,8H2,1-2H3. The monoisotopic (exact) mass is 346 g/mol. The molecule has 0 saturated carbocycles. The molecule has 0 atom stereocenters. The second-order valence-electron chi connectivity index (χ2n) is 4.69. The van der Waals surface area contributed by atoms with Crippen molar-refractivity contribution in [2.75, 3.05) is 0 Å². The molecular formula is C14H14BrF3N2. The first-order chi connectivity index (χ1) is 9.36. The molecule has 0 bridgehead atoms. The Morgan fingerprint density at radius 2 is 1.80 bits per heavy atom. The van der Waals surface area contributed by atoms with E-state index >= 15 is 0 Å². The summed E-state index contributed by atoms with van der Waals surface area (Å²) in [5.41, 5.74) is -0.178. The highest BCUT2D eigenvalue weighted by Gasteiger charge is 2.39. The number of imidazole rings is 1. The van der Waals surface area contributed by atoms with Crippen LogP contribution in [0, 0.1) is 0 Å². The SMILES string of the molecule is CC(C)n1c(CBr)nc(C(F)(F)F)c1-c1ccccc1. The van der Waals surface area contributed by atoms with Crippen LogP contribution in [0.3, 0.4) is 0 Å². The van der Waals surface area contributed by atoms with Crippen LogP contribution in [-0.4, -0.2) is 9.55 Å². The Morgan fingerprint density at radius 1 is 1.20 bits per heavy atom. The number of rotatable bonds is 3. The van der Waals surface area contributed by atoms with Crippen LogP contribution in [0.2, 0.25) is 0 Å². The highest BCUT2D eigenvalue weighted by atomic mass is 79.9. The van der Waals surface area contributed by atoms with Crippen LogP contribution >= 0.6 is 15.9 Å². The second-order valence-corrected chi connectivity index (χ2v) is 5.25. The zero-order valence-corrected chi connectivity index (χ0v) is 12.7. The topological polar surface area (TPSA) is 17.8 Å². The maximum Gasteiger partial charge on any atom is 0.435 e. The molecule has 1 aromatic carbocycles. The van der Waals surface area contributed by atoms with Gasteiger partial charge in [-0.3, -0.25) is 0 Å². The number of benzene rings is 1. The van der Waals surface area contributed by atoms with Gasteiger partial charge >= 0.3 is 6.18 Å². The van der Waals surface area contributed by atoms with E-state index < -0.39 is 11.9 Å². The van der Waals surface area contributed by atoms with Gasteiger partial charge in [-0.05, 0) is 13.8 Å². The van der Waals surface area contributed by atoms with E-state index in [1.165, 1.54) is 0 Å². The van der Waals surface area contributed by atoms with Crippen molar-refractivity contribution in [3.05, 3.63) is 41.9 Å². The average molecular weight is 347 g/mol. The van der Waals surface area contributed by atoms with Crippen molar-refractivity contribution in [2.45, 2.75) is 31.4 Å². The molecule has 2 nitrogen and oxygen atoms in total. The molecule has 2 aromatic rings. The fourth-order valence-corrected chi connectivity index (χ4v) is 2.59. The Morgan fingerprint density at radius 3 is 2.25 bits per heavy atom. The van der Waals surface area contributed by atoms with Gasteiger partial charge in [-0.2, -0.15) is 13.2 Å². The summed E-state index contributed by atoms with van der Waals surface area (Å²) in [7, 11) is 0. The van der Waals surface area contributed by atoms with Crippen LogP contribution in [0.4, 0.5) is 13.2 Å². The Balaban J connectivity index is 2.77. The van der Waals surface area contributed by atoms with Crippen LogP contribution in [-0.2, 0) is 11.5 Å². The quantitative estimate of drug-likeness (QED) is 0.711. The summed E-state index contributed by atoms with van der Waals surface area (Å²) in [5.74, 6) is 0.381. The third-order valence-electron chi connectivity index (χ3n) is 2.94. The minimum absolute atomic E-state index is 0.110. The van der Waals surface area contributed by atoms with Crippen LogP contribution < -0.4 is 0 Å². The van der Waals surface area contributed by atoms with Crippen molar-refractivity contribution >= 4 is 15.9 Å². The molecule has 1 heterocycles. The lowest BCUT2D eigenvalue weighted by atomic mass is 10.1. The highest BCUT2D eigenvalue weighted by Crippen LogP contribution is 2.39. The molecule has 0 unspecified atom stereocenters. The van der Waals surface area contributed by atoms with Crippen molar-refractivity contribution in [3.8, 4) is 11.3 Å². The second kappa shape index (κ2) is 5.60. The number of nitrogens with zero attached hydrogens (tertiary/aromatic N) is 2. The molecule has 0 amide bonds. The van der Waals surface area contributed by atoms with Crippen LogP contribution in [0.25, 0.3) is 11.3 Å². The van der Waals surface area contributed by atoms with Crippen molar-refractivity contribution < 1.29 is 13.2 Å². The van der Waals surface area contributed by atoms with Gasteiger partial charge in [-0.25, -0.2) is 4.98 Å². The van der Waals surface area contributed by atoms with Gasteiger partial charge in [-0.15, -0.1) is 0 Å². The fraction of sp³-hybridized carbons (Fsp3) is 0.357. The Bertz CT molecular complexity index is 588. The molecule has 0 N–H and O–H groups in total. The summed E-state index contributed by atoms with van der Waals surface area (Å²) in [4.78, 5) is 3.79. The third-order valence-corrected chi connectivity index (χ3v) is 3.44. The number of halogens is 4. The van der Waals surface area contributed by atoms with E-state index in [0.717, 1.165) is 0 Å². The molecule has 20 heavy (non-hydrogen) atoms.